The molecule has 0 aromatic heterocycles. The first-order valence-corrected chi connectivity index (χ1v) is 12.2. The van der Waals surface area contributed by atoms with Crippen LogP contribution in [-0.2, 0) is 42.1 Å². The van der Waals surface area contributed by atoms with Crippen molar-refractivity contribution < 1.29 is 39.9 Å². The SMILES string of the molecule is CN=CC(C(=N)C(F)(F)F)S(=O)(=O)NC1Cc2ccc(Cc3cc(CO)cc(C(F)(F)F)c3)cc2C1. The molecule has 0 saturated carbocycles. The fourth-order valence-corrected chi connectivity index (χ4v) is 5.64. The summed E-state index contributed by atoms with van der Waals surface area (Å²) < 4.78 is 106. The van der Waals surface area contributed by atoms with E-state index in [1.54, 1.807) is 18.2 Å². The molecule has 0 aliphatic heterocycles. The number of hydrogen-bond donors (Lipinski definition) is 3. The van der Waals surface area contributed by atoms with E-state index < -0.39 is 51.5 Å². The smallest absolute Gasteiger partial charge is 0.392 e. The summed E-state index contributed by atoms with van der Waals surface area (Å²) in [6, 6.07) is 7.66. The fourth-order valence-electron chi connectivity index (χ4n) is 4.13. The standard InChI is InChI=1S/C23H23F6N3O3S/c1-31-11-20(21(30)23(27,28)29)36(34,35)32-19-9-16-3-2-13(6-17(16)10-19)4-14-5-15(12-33)8-18(7-14)22(24,25)26/h2-3,5-8,11,19-20,30,32-33H,4,9-10,12H2,1H3. The van der Waals surface area contributed by atoms with Gasteiger partial charge in [0.15, 0.2) is 5.25 Å². The number of rotatable bonds is 8. The molecule has 2 aromatic carbocycles. The number of nitrogens with zero attached hydrogens (tertiary/aromatic N) is 1. The van der Waals surface area contributed by atoms with Gasteiger partial charge in [-0.3, -0.25) is 10.4 Å². The molecular formula is C23H23F6N3O3S. The van der Waals surface area contributed by atoms with Crippen LogP contribution in [0.15, 0.2) is 41.4 Å². The first kappa shape index (κ1) is 27.8. The summed E-state index contributed by atoms with van der Waals surface area (Å²) in [6.07, 6.45) is -8.70. The summed E-state index contributed by atoms with van der Waals surface area (Å²) in [4.78, 5) is 3.36. The Labute approximate surface area is 203 Å². The van der Waals surface area contributed by atoms with E-state index in [0.717, 1.165) is 24.7 Å². The highest BCUT2D eigenvalue weighted by molar-refractivity contribution is 7.91. The van der Waals surface area contributed by atoms with Gasteiger partial charge in [-0.2, -0.15) is 26.3 Å². The van der Waals surface area contributed by atoms with Crippen LogP contribution in [0.2, 0.25) is 0 Å². The highest BCUT2D eigenvalue weighted by atomic mass is 32.2. The number of alkyl halides is 6. The van der Waals surface area contributed by atoms with Gasteiger partial charge >= 0.3 is 12.4 Å². The number of fused-ring (bicyclic) bond motifs is 1. The Hall–Kier alpha value is -2.77. The van der Waals surface area contributed by atoms with Crippen molar-refractivity contribution in [1.29, 1.82) is 5.41 Å². The molecule has 6 nitrogen and oxygen atoms in total. The zero-order chi connectivity index (χ0) is 26.9. The highest BCUT2D eigenvalue weighted by Gasteiger charge is 2.45. The van der Waals surface area contributed by atoms with E-state index >= 15 is 0 Å². The van der Waals surface area contributed by atoms with Gasteiger partial charge in [-0.05, 0) is 59.2 Å². The summed E-state index contributed by atoms with van der Waals surface area (Å²) in [5.41, 5.74) is -0.285. The molecule has 0 spiro atoms. The second kappa shape index (κ2) is 10.3. The third-order valence-electron chi connectivity index (χ3n) is 5.71. The number of halogens is 6. The van der Waals surface area contributed by atoms with E-state index in [-0.39, 0.29) is 24.8 Å². The van der Waals surface area contributed by atoms with Gasteiger partial charge < -0.3 is 5.11 Å². The van der Waals surface area contributed by atoms with E-state index in [0.29, 0.717) is 22.9 Å². The Bertz CT molecular complexity index is 1270. The normalized spacial score (nSPS) is 17.4. The average Bonchev–Trinajstić information content (AvgIpc) is 3.16. The molecule has 2 unspecified atom stereocenters. The van der Waals surface area contributed by atoms with Crippen LogP contribution in [0.4, 0.5) is 26.3 Å². The van der Waals surface area contributed by atoms with Crippen molar-refractivity contribution in [1.82, 2.24) is 4.72 Å². The first-order valence-electron chi connectivity index (χ1n) is 10.6. The molecule has 0 fully saturated rings. The van der Waals surface area contributed by atoms with Crippen molar-refractivity contribution in [2.45, 2.75) is 49.5 Å². The monoisotopic (exact) mass is 535 g/mol. The van der Waals surface area contributed by atoms with Crippen molar-refractivity contribution in [3.63, 3.8) is 0 Å². The Kier molecular flexibility index (Phi) is 7.96. The second-order valence-electron chi connectivity index (χ2n) is 8.48. The van der Waals surface area contributed by atoms with Crippen molar-refractivity contribution >= 4 is 21.9 Å². The van der Waals surface area contributed by atoms with Crippen LogP contribution >= 0.6 is 0 Å². The summed E-state index contributed by atoms with van der Waals surface area (Å²) in [7, 11) is -3.52. The van der Waals surface area contributed by atoms with E-state index in [2.05, 4.69) is 9.71 Å². The lowest BCUT2D eigenvalue weighted by molar-refractivity contribution is -0.137. The Morgan fingerprint density at radius 2 is 1.72 bits per heavy atom. The fraction of sp³-hybridized carbons (Fsp3) is 0.391. The van der Waals surface area contributed by atoms with E-state index in [4.69, 9.17) is 5.41 Å². The van der Waals surface area contributed by atoms with Crippen LogP contribution in [0.1, 0.15) is 33.4 Å². The van der Waals surface area contributed by atoms with Crippen LogP contribution in [-0.4, -0.2) is 50.0 Å². The summed E-state index contributed by atoms with van der Waals surface area (Å²) in [5, 5.41) is 14.3. The minimum Gasteiger partial charge on any atom is -0.392 e. The van der Waals surface area contributed by atoms with Crippen LogP contribution in [0, 0.1) is 5.41 Å². The number of hydrogen-bond acceptors (Lipinski definition) is 5. The maximum atomic E-state index is 13.2. The van der Waals surface area contributed by atoms with Gasteiger partial charge in [-0.15, -0.1) is 0 Å². The van der Waals surface area contributed by atoms with Crippen LogP contribution in [0.25, 0.3) is 0 Å². The van der Waals surface area contributed by atoms with E-state index in [1.165, 1.54) is 6.07 Å². The molecule has 2 aromatic rings. The van der Waals surface area contributed by atoms with Crippen molar-refractivity contribution in [3.8, 4) is 0 Å². The molecule has 0 saturated heterocycles. The molecule has 3 N–H and O–H groups in total. The molecule has 0 radical (unpaired) electrons. The average molecular weight is 536 g/mol. The third-order valence-corrected chi connectivity index (χ3v) is 7.40. The molecule has 1 aliphatic rings. The van der Waals surface area contributed by atoms with Crippen molar-refractivity contribution in [2.24, 2.45) is 4.99 Å². The molecule has 36 heavy (non-hydrogen) atoms. The minimum absolute atomic E-state index is 0.116. The molecule has 0 amide bonds. The largest absolute Gasteiger partial charge is 0.430 e. The van der Waals surface area contributed by atoms with Gasteiger partial charge in [-0.1, -0.05) is 24.3 Å². The minimum atomic E-state index is -5.15. The lowest BCUT2D eigenvalue weighted by Gasteiger charge is -2.20. The van der Waals surface area contributed by atoms with Gasteiger partial charge in [-0.25, -0.2) is 13.1 Å². The predicted octanol–water partition coefficient (Wildman–Crippen LogP) is 3.83. The molecule has 13 heteroatoms. The van der Waals surface area contributed by atoms with Gasteiger partial charge in [0.1, 0.15) is 5.71 Å². The Balaban J connectivity index is 1.78. The number of aliphatic imine (C=N–C) groups is 1. The Morgan fingerprint density at radius 3 is 2.31 bits per heavy atom. The number of aliphatic hydroxyl groups excluding tert-OH is 1. The zero-order valence-electron chi connectivity index (χ0n) is 18.9. The maximum Gasteiger partial charge on any atom is 0.430 e. The van der Waals surface area contributed by atoms with Gasteiger partial charge in [0.2, 0.25) is 10.0 Å². The Morgan fingerprint density at radius 1 is 1.08 bits per heavy atom. The quantitative estimate of drug-likeness (QED) is 0.354. The molecule has 0 bridgehead atoms. The lowest BCUT2D eigenvalue weighted by Crippen LogP contribution is -2.49. The van der Waals surface area contributed by atoms with Gasteiger partial charge in [0, 0.05) is 19.3 Å². The van der Waals surface area contributed by atoms with E-state index in [9.17, 15) is 39.9 Å². The molecule has 196 valence electrons. The summed E-state index contributed by atoms with van der Waals surface area (Å²) in [6.45, 7) is -0.557. The second-order valence-corrected chi connectivity index (χ2v) is 10.3. The number of nitrogens with one attached hydrogen (secondary N) is 2. The first-order chi connectivity index (χ1) is 16.6. The van der Waals surface area contributed by atoms with Gasteiger partial charge in [0.25, 0.3) is 0 Å². The van der Waals surface area contributed by atoms with E-state index in [1.807, 2.05) is 0 Å². The predicted molar refractivity (Wildman–Crippen MR) is 122 cm³/mol. The number of aliphatic hydroxyl groups is 1. The zero-order valence-corrected chi connectivity index (χ0v) is 19.7. The maximum absolute atomic E-state index is 13.2. The lowest BCUT2D eigenvalue weighted by atomic mass is 9.97. The molecule has 0 heterocycles. The number of sulfonamides is 1. The number of benzene rings is 2. The molecule has 1 aliphatic carbocycles. The molecule has 2 atom stereocenters. The van der Waals surface area contributed by atoms with Crippen LogP contribution in [0.5, 0.6) is 0 Å². The highest BCUT2D eigenvalue weighted by Crippen LogP contribution is 2.32. The third kappa shape index (κ3) is 6.51. The summed E-state index contributed by atoms with van der Waals surface area (Å²) in [5.74, 6) is 0. The molecule has 3 rings (SSSR count). The van der Waals surface area contributed by atoms with Gasteiger partial charge in [0.05, 0.1) is 12.2 Å². The van der Waals surface area contributed by atoms with Crippen LogP contribution in [0.3, 0.4) is 0 Å². The topological polar surface area (TPSA) is 103 Å². The van der Waals surface area contributed by atoms with Crippen LogP contribution < -0.4 is 4.72 Å². The summed E-state index contributed by atoms with van der Waals surface area (Å²) >= 11 is 0. The van der Waals surface area contributed by atoms with Crippen molar-refractivity contribution in [3.05, 3.63) is 69.8 Å². The van der Waals surface area contributed by atoms with Crippen molar-refractivity contribution in [2.75, 3.05) is 7.05 Å². The molecular weight excluding hydrogens is 512 g/mol.